The molecule has 2 aromatic heterocycles. The van der Waals surface area contributed by atoms with Gasteiger partial charge in [-0.05, 0) is 17.7 Å². The maximum absolute atomic E-state index is 12.8. The summed E-state index contributed by atoms with van der Waals surface area (Å²) in [4.78, 5) is 4.35. The van der Waals surface area contributed by atoms with E-state index in [4.69, 9.17) is 0 Å². The second kappa shape index (κ2) is 6.61. The average Bonchev–Trinajstić information content (AvgIpc) is 3.08. The van der Waals surface area contributed by atoms with E-state index in [-0.39, 0.29) is 4.90 Å². The molecule has 2 aromatic carbocycles. The number of hydrogen-bond donors (Lipinski definition) is 1. The van der Waals surface area contributed by atoms with Crippen LogP contribution in [0.2, 0.25) is 0 Å². The van der Waals surface area contributed by atoms with Crippen LogP contribution < -0.4 is 4.72 Å². The van der Waals surface area contributed by atoms with Crippen molar-refractivity contribution in [2.45, 2.75) is 11.4 Å². The molecule has 4 rings (SSSR count). The number of nitrogens with one attached hydrogen (secondary N) is 1. The van der Waals surface area contributed by atoms with Gasteiger partial charge < -0.3 is 0 Å². The van der Waals surface area contributed by atoms with Gasteiger partial charge >= 0.3 is 0 Å². The lowest BCUT2D eigenvalue weighted by molar-refractivity contribution is 0.602. The molecule has 0 aliphatic heterocycles. The Hall–Kier alpha value is -3.19. The quantitative estimate of drug-likeness (QED) is 0.590. The molecule has 7 heteroatoms. The van der Waals surface area contributed by atoms with Gasteiger partial charge in [0, 0.05) is 17.8 Å². The van der Waals surface area contributed by atoms with Crippen molar-refractivity contribution in [3.05, 3.63) is 84.8 Å². The van der Waals surface area contributed by atoms with Crippen molar-refractivity contribution in [1.82, 2.24) is 14.8 Å². The fraction of sp³-hybridized carbons (Fsp3) is 0.0526. The van der Waals surface area contributed by atoms with Crippen LogP contribution in [0.3, 0.4) is 0 Å². The van der Waals surface area contributed by atoms with Crippen LogP contribution in [0, 0.1) is 0 Å². The third-order valence-corrected chi connectivity index (χ3v) is 5.37. The minimum atomic E-state index is -3.77. The number of sulfonamides is 1. The van der Waals surface area contributed by atoms with Gasteiger partial charge in [0.25, 0.3) is 10.0 Å². The Balaban J connectivity index is 1.60. The molecular formula is C19H16N4O2S. The minimum Gasteiger partial charge on any atom is -0.276 e. The molecule has 130 valence electrons. The molecule has 0 amide bonds. The molecule has 0 unspecified atom stereocenters. The second-order valence-electron chi connectivity index (χ2n) is 5.85. The summed E-state index contributed by atoms with van der Waals surface area (Å²) in [6.45, 7) is 0.568. The molecule has 6 nitrogen and oxygen atoms in total. The normalized spacial score (nSPS) is 11.5. The number of anilines is 1. The van der Waals surface area contributed by atoms with E-state index < -0.39 is 10.0 Å². The number of benzene rings is 2. The summed E-state index contributed by atoms with van der Waals surface area (Å²) in [6.07, 6.45) is 4.75. The van der Waals surface area contributed by atoms with Crippen LogP contribution in [0.4, 0.5) is 5.69 Å². The van der Waals surface area contributed by atoms with E-state index in [0.717, 1.165) is 10.9 Å². The lowest BCUT2D eigenvalue weighted by Crippen LogP contribution is -2.13. The van der Waals surface area contributed by atoms with Gasteiger partial charge in [-0.1, -0.05) is 48.5 Å². The van der Waals surface area contributed by atoms with Gasteiger partial charge in [-0.15, -0.1) is 0 Å². The van der Waals surface area contributed by atoms with Crippen molar-refractivity contribution in [3.63, 3.8) is 0 Å². The SMILES string of the molecule is O=S(=O)(Nc1cnn(Cc2ccccc2)c1)c1cccc2cccnc12. The highest BCUT2D eigenvalue weighted by Crippen LogP contribution is 2.23. The Morgan fingerprint density at radius 2 is 1.77 bits per heavy atom. The van der Waals surface area contributed by atoms with Gasteiger partial charge in [-0.25, -0.2) is 8.42 Å². The molecule has 0 saturated heterocycles. The van der Waals surface area contributed by atoms with E-state index in [0.29, 0.717) is 17.7 Å². The van der Waals surface area contributed by atoms with Crippen LogP contribution in [0.1, 0.15) is 5.56 Å². The van der Waals surface area contributed by atoms with Gasteiger partial charge in [0.05, 0.1) is 23.9 Å². The van der Waals surface area contributed by atoms with Crippen LogP contribution in [0.15, 0.2) is 84.1 Å². The number of aromatic nitrogens is 3. The minimum absolute atomic E-state index is 0.145. The summed E-state index contributed by atoms with van der Waals surface area (Å²) in [6, 6.07) is 18.5. The van der Waals surface area contributed by atoms with E-state index in [1.807, 2.05) is 42.5 Å². The van der Waals surface area contributed by atoms with Crippen LogP contribution in [0.25, 0.3) is 10.9 Å². The summed E-state index contributed by atoms with van der Waals surface area (Å²) < 4.78 is 29.9. The molecule has 0 saturated carbocycles. The molecule has 26 heavy (non-hydrogen) atoms. The first-order valence-electron chi connectivity index (χ1n) is 8.05. The van der Waals surface area contributed by atoms with Gasteiger partial charge in [0.2, 0.25) is 0 Å². The Labute approximate surface area is 151 Å². The molecule has 0 aliphatic rings. The Morgan fingerprint density at radius 1 is 0.962 bits per heavy atom. The summed E-state index contributed by atoms with van der Waals surface area (Å²) in [5, 5.41) is 5.00. The molecule has 0 aliphatic carbocycles. The largest absolute Gasteiger partial charge is 0.276 e. The third kappa shape index (κ3) is 3.29. The highest BCUT2D eigenvalue weighted by Gasteiger charge is 2.19. The molecule has 1 N–H and O–H groups in total. The molecule has 0 bridgehead atoms. The van der Waals surface area contributed by atoms with E-state index >= 15 is 0 Å². The molecule has 4 aromatic rings. The van der Waals surface area contributed by atoms with Crippen molar-refractivity contribution < 1.29 is 8.42 Å². The zero-order valence-electron chi connectivity index (χ0n) is 13.8. The maximum Gasteiger partial charge on any atom is 0.264 e. The van der Waals surface area contributed by atoms with Crippen molar-refractivity contribution in [2.24, 2.45) is 0 Å². The Morgan fingerprint density at radius 3 is 2.62 bits per heavy atom. The molecular weight excluding hydrogens is 348 g/mol. The molecule has 0 fully saturated rings. The highest BCUT2D eigenvalue weighted by molar-refractivity contribution is 7.93. The highest BCUT2D eigenvalue weighted by atomic mass is 32.2. The number of para-hydroxylation sites is 1. The predicted molar refractivity (Wildman–Crippen MR) is 100 cm³/mol. The van der Waals surface area contributed by atoms with Crippen molar-refractivity contribution in [2.75, 3.05) is 4.72 Å². The van der Waals surface area contributed by atoms with Crippen LogP contribution >= 0.6 is 0 Å². The van der Waals surface area contributed by atoms with Crippen LogP contribution in [0.5, 0.6) is 0 Å². The van der Waals surface area contributed by atoms with E-state index in [1.165, 1.54) is 6.20 Å². The van der Waals surface area contributed by atoms with Crippen LogP contribution in [-0.2, 0) is 16.6 Å². The van der Waals surface area contributed by atoms with Crippen molar-refractivity contribution >= 4 is 26.6 Å². The molecule has 0 radical (unpaired) electrons. The summed E-state index contributed by atoms with van der Waals surface area (Å²) in [7, 11) is -3.77. The van der Waals surface area contributed by atoms with Gasteiger partial charge in [0.1, 0.15) is 4.90 Å². The van der Waals surface area contributed by atoms with Gasteiger partial charge in [-0.3, -0.25) is 14.4 Å². The van der Waals surface area contributed by atoms with E-state index in [1.54, 1.807) is 35.3 Å². The Kier molecular flexibility index (Phi) is 4.14. The third-order valence-electron chi connectivity index (χ3n) is 3.96. The predicted octanol–water partition coefficient (Wildman–Crippen LogP) is 3.28. The molecule has 0 spiro atoms. The maximum atomic E-state index is 12.8. The first-order valence-corrected chi connectivity index (χ1v) is 9.53. The molecule has 0 atom stereocenters. The standard InChI is InChI=1S/C19H16N4O2S/c24-26(25,18-10-4-8-16-9-5-11-20-19(16)18)22-17-12-21-23(14-17)13-15-6-2-1-3-7-15/h1-12,14,22H,13H2. The topological polar surface area (TPSA) is 76.9 Å². The van der Waals surface area contributed by atoms with Gasteiger partial charge in [-0.2, -0.15) is 5.10 Å². The number of fused-ring (bicyclic) bond motifs is 1. The number of hydrogen-bond acceptors (Lipinski definition) is 4. The second-order valence-corrected chi connectivity index (χ2v) is 7.50. The van der Waals surface area contributed by atoms with Gasteiger partial charge in [0.15, 0.2) is 0 Å². The smallest absolute Gasteiger partial charge is 0.264 e. The lowest BCUT2D eigenvalue weighted by atomic mass is 10.2. The van der Waals surface area contributed by atoms with E-state index in [2.05, 4.69) is 14.8 Å². The number of rotatable bonds is 5. The van der Waals surface area contributed by atoms with Crippen molar-refractivity contribution in [1.29, 1.82) is 0 Å². The zero-order valence-corrected chi connectivity index (χ0v) is 14.6. The summed E-state index contributed by atoms with van der Waals surface area (Å²) in [5.74, 6) is 0. The van der Waals surface area contributed by atoms with Crippen LogP contribution in [-0.4, -0.2) is 23.2 Å². The van der Waals surface area contributed by atoms with E-state index in [9.17, 15) is 8.42 Å². The van der Waals surface area contributed by atoms with Crippen molar-refractivity contribution in [3.8, 4) is 0 Å². The summed E-state index contributed by atoms with van der Waals surface area (Å²) >= 11 is 0. The number of nitrogens with zero attached hydrogens (tertiary/aromatic N) is 3. The monoisotopic (exact) mass is 364 g/mol. The first-order chi connectivity index (χ1) is 12.6. The fourth-order valence-electron chi connectivity index (χ4n) is 2.78. The Bertz CT molecular complexity index is 1150. The summed E-state index contributed by atoms with van der Waals surface area (Å²) in [5.41, 5.74) is 1.94. The lowest BCUT2D eigenvalue weighted by Gasteiger charge is -2.08. The zero-order chi connectivity index (χ0) is 18.0. The average molecular weight is 364 g/mol. The molecule has 2 heterocycles. The fourth-order valence-corrected chi connectivity index (χ4v) is 3.98. The first kappa shape index (κ1) is 16.3. The number of pyridine rings is 1.